The van der Waals surface area contributed by atoms with E-state index in [4.69, 9.17) is 0 Å². The van der Waals surface area contributed by atoms with Crippen LogP contribution in [0.4, 0.5) is 34.1 Å². The average molecular weight is 1080 g/mol. The molecule has 2 heterocycles. The molecule has 0 amide bonds. The van der Waals surface area contributed by atoms with E-state index in [0.717, 1.165) is 34.1 Å². The van der Waals surface area contributed by atoms with E-state index in [9.17, 15) is 0 Å². The van der Waals surface area contributed by atoms with Gasteiger partial charge in [0.05, 0.1) is 23.8 Å². The molecule has 2 aromatic heterocycles. The molecule has 0 spiro atoms. The molecule has 83 heavy (non-hydrogen) atoms. The van der Waals surface area contributed by atoms with Crippen molar-refractivity contribution in [2.24, 2.45) is 0 Å². The highest BCUT2D eigenvalue weighted by atomic mass is 15.2. The Morgan fingerprint density at radius 2 is 0.566 bits per heavy atom. The minimum Gasteiger partial charge on any atom is -0.309 e. The lowest BCUT2D eigenvalue weighted by atomic mass is 9.81. The predicted molar refractivity (Wildman–Crippen MR) is 352 cm³/mol. The van der Waals surface area contributed by atoms with Crippen LogP contribution in [0.1, 0.15) is 150 Å². The van der Waals surface area contributed by atoms with E-state index in [0.29, 0.717) is 0 Å². The van der Waals surface area contributed by atoms with Crippen molar-refractivity contribution in [3.63, 3.8) is 0 Å². The lowest BCUT2D eigenvalue weighted by Gasteiger charge is -2.28. The molecule has 3 aliphatic carbocycles. The van der Waals surface area contributed by atoms with Crippen LogP contribution in [0.25, 0.3) is 57.7 Å². The van der Waals surface area contributed by atoms with Crippen LogP contribution in [0.5, 0.6) is 0 Å². The van der Waals surface area contributed by atoms with Crippen molar-refractivity contribution < 1.29 is 0 Å². The maximum Gasteiger partial charge on any atom is 0.0644 e. The first-order valence-electron chi connectivity index (χ1n) is 29.5. The SMILES string of the molecule is CC(C)(C)c1ccc(N(c2cccnc2)c2ccc3c(c2)C(C)(C)c2cc(C=Cc4ccc5c(c4)C(C)(C)c4cc(C=Cc6ccc7c(c6)C(C)(C)c6cc(N(c8ccc(C(C)(C)C)cc8)c8cccnc8)ccc6-7)ccc4-5)ccc2-3)cc1. The van der Waals surface area contributed by atoms with Crippen molar-refractivity contribution in [3.05, 3.63) is 274 Å². The molecule has 0 aliphatic heterocycles. The maximum atomic E-state index is 4.53. The van der Waals surface area contributed by atoms with Gasteiger partial charge in [-0.1, -0.05) is 217 Å². The lowest BCUT2D eigenvalue weighted by molar-refractivity contribution is 0.590. The van der Waals surface area contributed by atoms with Crippen molar-refractivity contribution >= 4 is 58.4 Å². The summed E-state index contributed by atoms with van der Waals surface area (Å²) in [6.45, 7) is 27.8. The standard InChI is InChI=1S/C79H74N4/c1-75(2,3)55-25-29-57(30-26-55)82(61-15-13-41-80-49-61)59-33-39-67-65-37-23-53(45-71(65)78(9,10)73(67)47-59)19-17-51-21-35-63-64-36-22-52(44-70(64)77(7,8)69(63)43-51)18-20-54-24-38-66-68-40-34-60(48-74(68)79(11,12)72(66)46-54)83(62-16-14-42-81-50-62)58-31-27-56(28-32-58)76(4,5)6/h13-50H,1-12H3. The zero-order chi connectivity index (χ0) is 57.8. The zero-order valence-corrected chi connectivity index (χ0v) is 50.2. The topological polar surface area (TPSA) is 32.3 Å². The van der Waals surface area contributed by atoms with Crippen LogP contribution in [-0.4, -0.2) is 9.97 Å². The summed E-state index contributed by atoms with van der Waals surface area (Å²) >= 11 is 0. The molecular weight excluding hydrogens is 1000 g/mol. The summed E-state index contributed by atoms with van der Waals surface area (Å²) in [6, 6.07) is 68.4. The number of anilines is 6. The van der Waals surface area contributed by atoms with Crippen molar-refractivity contribution in [1.82, 2.24) is 9.97 Å². The van der Waals surface area contributed by atoms with Crippen molar-refractivity contribution in [3.8, 4) is 33.4 Å². The molecule has 0 atom stereocenters. The van der Waals surface area contributed by atoms with Gasteiger partial charge in [0, 0.05) is 51.4 Å². The van der Waals surface area contributed by atoms with E-state index < -0.39 is 0 Å². The molecule has 13 rings (SSSR count). The summed E-state index contributed by atoms with van der Waals surface area (Å²) in [5.41, 5.74) is 29.6. The Morgan fingerprint density at radius 3 is 0.831 bits per heavy atom. The van der Waals surface area contributed by atoms with Crippen LogP contribution < -0.4 is 9.80 Å². The Hall–Kier alpha value is -8.86. The fourth-order valence-corrected chi connectivity index (χ4v) is 13.4. The van der Waals surface area contributed by atoms with E-state index in [1.54, 1.807) is 0 Å². The number of hydrogen-bond acceptors (Lipinski definition) is 4. The van der Waals surface area contributed by atoms with Crippen LogP contribution in [0.2, 0.25) is 0 Å². The van der Waals surface area contributed by atoms with Gasteiger partial charge in [0.2, 0.25) is 0 Å². The second-order valence-corrected chi connectivity index (χ2v) is 26.9. The highest BCUT2D eigenvalue weighted by Crippen LogP contribution is 2.54. The summed E-state index contributed by atoms with van der Waals surface area (Å²) in [4.78, 5) is 13.7. The van der Waals surface area contributed by atoms with Gasteiger partial charge in [-0.3, -0.25) is 9.97 Å². The first-order chi connectivity index (χ1) is 39.6. The van der Waals surface area contributed by atoms with Crippen LogP contribution in [0.3, 0.4) is 0 Å². The summed E-state index contributed by atoms with van der Waals surface area (Å²) in [7, 11) is 0. The number of hydrogen-bond donors (Lipinski definition) is 0. The second kappa shape index (κ2) is 19.7. The highest BCUT2D eigenvalue weighted by molar-refractivity contribution is 5.90. The summed E-state index contributed by atoms with van der Waals surface area (Å²) < 4.78 is 0. The number of aromatic nitrogens is 2. The molecule has 0 unspecified atom stereocenters. The van der Waals surface area contributed by atoms with E-state index in [1.165, 1.54) is 100 Å². The number of rotatable bonds is 10. The molecule has 0 bridgehead atoms. The van der Waals surface area contributed by atoms with E-state index in [1.807, 2.05) is 36.9 Å². The molecule has 0 fully saturated rings. The van der Waals surface area contributed by atoms with E-state index >= 15 is 0 Å². The Kier molecular flexibility index (Phi) is 12.7. The number of benzene rings is 8. The number of fused-ring (bicyclic) bond motifs is 9. The molecule has 3 aliphatic rings. The number of pyridine rings is 2. The van der Waals surface area contributed by atoms with Gasteiger partial charge < -0.3 is 9.80 Å². The molecule has 8 aromatic carbocycles. The largest absolute Gasteiger partial charge is 0.309 e. The molecule has 0 N–H and O–H groups in total. The summed E-state index contributed by atoms with van der Waals surface area (Å²) in [5, 5.41) is 0. The van der Waals surface area contributed by atoms with Gasteiger partial charge in [-0.05, 0) is 184 Å². The summed E-state index contributed by atoms with van der Waals surface area (Å²) in [6.07, 6.45) is 16.8. The second-order valence-electron chi connectivity index (χ2n) is 26.9. The molecule has 4 nitrogen and oxygen atoms in total. The van der Waals surface area contributed by atoms with Gasteiger partial charge in [0.25, 0.3) is 0 Å². The van der Waals surface area contributed by atoms with Crippen molar-refractivity contribution in [1.29, 1.82) is 0 Å². The molecule has 410 valence electrons. The lowest BCUT2D eigenvalue weighted by Crippen LogP contribution is -2.17. The van der Waals surface area contributed by atoms with Gasteiger partial charge in [0.15, 0.2) is 0 Å². The molecule has 4 heteroatoms. The van der Waals surface area contributed by atoms with Gasteiger partial charge in [-0.15, -0.1) is 0 Å². The van der Waals surface area contributed by atoms with Gasteiger partial charge in [-0.25, -0.2) is 0 Å². The molecule has 10 aromatic rings. The van der Waals surface area contributed by atoms with E-state index in [-0.39, 0.29) is 27.1 Å². The van der Waals surface area contributed by atoms with E-state index in [2.05, 4.69) is 297 Å². The van der Waals surface area contributed by atoms with Crippen LogP contribution in [-0.2, 0) is 27.1 Å². The third-order valence-electron chi connectivity index (χ3n) is 18.3. The van der Waals surface area contributed by atoms with Crippen LogP contribution in [0.15, 0.2) is 207 Å². The highest BCUT2D eigenvalue weighted by Gasteiger charge is 2.39. The van der Waals surface area contributed by atoms with Crippen molar-refractivity contribution in [2.75, 3.05) is 9.80 Å². The molecule has 0 saturated carbocycles. The third kappa shape index (κ3) is 9.33. The quantitative estimate of drug-likeness (QED) is 0.128. The Morgan fingerprint density at radius 1 is 0.301 bits per heavy atom. The number of nitrogens with zero attached hydrogens (tertiary/aromatic N) is 4. The Labute approximate surface area is 492 Å². The monoisotopic (exact) mass is 1080 g/mol. The third-order valence-corrected chi connectivity index (χ3v) is 18.3. The van der Waals surface area contributed by atoms with Gasteiger partial charge in [-0.2, -0.15) is 0 Å². The first-order valence-corrected chi connectivity index (χ1v) is 29.5. The normalized spacial score (nSPS) is 14.9. The fourth-order valence-electron chi connectivity index (χ4n) is 13.4. The molecule has 0 saturated heterocycles. The average Bonchev–Trinajstić information content (AvgIpc) is 3.84. The minimum atomic E-state index is -0.194. The molecular formula is C79H74N4. The van der Waals surface area contributed by atoms with Gasteiger partial charge >= 0.3 is 0 Å². The molecule has 0 radical (unpaired) electrons. The first kappa shape index (κ1) is 53.5. The Balaban J connectivity index is 0.724. The van der Waals surface area contributed by atoms with Crippen LogP contribution >= 0.6 is 0 Å². The predicted octanol–water partition coefficient (Wildman–Crippen LogP) is 21.3. The Bertz CT molecular complexity index is 3950. The van der Waals surface area contributed by atoms with Crippen molar-refractivity contribution in [2.45, 2.75) is 110 Å². The summed E-state index contributed by atoms with van der Waals surface area (Å²) in [5.74, 6) is 0. The minimum absolute atomic E-state index is 0.0744. The zero-order valence-electron chi connectivity index (χ0n) is 50.2. The van der Waals surface area contributed by atoms with Gasteiger partial charge in [0.1, 0.15) is 0 Å². The maximum absolute atomic E-state index is 4.53. The van der Waals surface area contributed by atoms with Crippen LogP contribution in [0, 0.1) is 0 Å². The fraction of sp³-hybridized carbons (Fsp3) is 0.215. The smallest absolute Gasteiger partial charge is 0.0644 e.